The lowest BCUT2D eigenvalue weighted by Gasteiger charge is -2.17. The van der Waals surface area contributed by atoms with Gasteiger partial charge in [0.15, 0.2) is 5.13 Å². The summed E-state index contributed by atoms with van der Waals surface area (Å²) in [6.45, 7) is 3.93. The van der Waals surface area contributed by atoms with Crippen LogP contribution in [0.25, 0.3) is 11.4 Å². The number of carbonyl (C=O) groups excluding carboxylic acids is 1. The molecule has 7 nitrogen and oxygen atoms in total. The third-order valence-electron chi connectivity index (χ3n) is 4.20. The number of nitrogens with zero attached hydrogens (tertiary/aromatic N) is 6. The number of benzene rings is 2. The minimum absolute atomic E-state index is 0.0900. The summed E-state index contributed by atoms with van der Waals surface area (Å²) in [5, 5.41) is 15.3. The number of rotatable bonds is 5. The Kier molecular flexibility index (Phi) is 4.94. The molecule has 0 unspecified atom stereocenters. The Bertz CT molecular complexity index is 1100. The van der Waals surface area contributed by atoms with Crippen molar-refractivity contribution in [1.82, 2.24) is 25.2 Å². The summed E-state index contributed by atoms with van der Waals surface area (Å²) in [6, 6.07) is 17.4. The van der Waals surface area contributed by atoms with Crippen LogP contribution in [0.2, 0.25) is 0 Å². The topological polar surface area (TPSA) is 76.8 Å². The number of hydrogen-bond acceptors (Lipinski definition) is 6. The SMILES string of the molecule is CC(=O)N(c1ccccc1)c1nc(Cn2nnc(-c3ccccc3C)n2)cs1. The highest BCUT2D eigenvalue weighted by Crippen LogP contribution is 2.29. The molecule has 2 aromatic carbocycles. The van der Waals surface area contributed by atoms with E-state index in [2.05, 4.69) is 20.4 Å². The third kappa shape index (κ3) is 3.67. The van der Waals surface area contributed by atoms with Crippen LogP contribution in [0.1, 0.15) is 18.2 Å². The zero-order valence-corrected chi connectivity index (χ0v) is 16.3. The number of tetrazole rings is 1. The van der Waals surface area contributed by atoms with E-state index in [-0.39, 0.29) is 5.91 Å². The molecule has 2 heterocycles. The number of para-hydroxylation sites is 1. The number of hydrogen-bond donors (Lipinski definition) is 0. The van der Waals surface area contributed by atoms with Gasteiger partial charge in [0.25, 0.3) is 0 Å². The summed E-state index contributed by atoms with van der Waals surface area (Å²) in [6.07, 6.45) is 0. The van der Waals surface area contributed by atoms with Gasteiger partial charge in [-0.25, -0.2) is 4.98 Å². The standard InChI is InChI=1S/C20H18N6OS/c1-14-8-6-7-11-18(14)19-22-24-25(23-19)12-16-13-28-20(21-16)26(15(2)27)17-9-4-3-5-10-17/h3-11,13H,12H2,1-2H3. The summed E-state index contributed by atoms with van der Waals surface area (Å²) in [5.74, 6) is 0.496. The molecule has 0 aliphatic carbocycles. The zero-order chi connectivity index (χ0) is 19.5. The van der Waals surface area contributed by atoms with Crippen molar-refractivity contribution in [3.05, 3.63) is 71.2 Å². The molecule has 0 saturated heterocycles. The predicted molar refractivity (Wildman–Crippen MR) is 108 cm³/mol. The Labute approximate surface area is 166 Å². The van der Waals surface area contributed by atoms with Gasteiger partial charge in [-0.2, -0.15) is 4.80 Å². The summed E-state index contributed by atoms with van der Waals surface area (Å²) in [7, 11) is 0. The fourth-order valence-corrected chi connectivity index (χ4v) is 3.74. The Morgan fingerprint density at radius 3 is 2.61 bits per heavy atom. The van der Waals surface area contributed by atoms with Crippen molar-refractivity contribution < 1.29 is 4.79 Å². The van der Waals surface area contributed by atoms with Crippen LogP contribution in [0.15, 0.2) is 60.0 Å². The van der Waals surface area contributed by atoms with Gasteiger partial charge in [0.1, 0.15) is 6.54 Å². The minimum atomic E-state index is -0.0900. The van der Waals surface area contributed by atoms with Crippen molar-refractivity contribution in [3.8, 4) is 11.4 Å². The molecule has 4 aromatic rings. The first-order chi connectivity index (χ1) is 13.6. The van der Waals surface area contributed by atoms with Crippen molar-refractivity contribution in [2.75, 3.05) is 4.90 Å². The smallest absolute Gasteiger partial charge is 0.230 e. The number of aryl methyl sites for hydroxylation is 1. The first kappa shape index (κ1) is 18.0. The van der Waals surface area contributed by atoms with E-state index in [4.69, 9.17) is 0 Å². The number of thiazole rings is 1. The van der Waals surface area contributed by atoms with Crippen LogP contribution in [-0.4, -0.2) is 31.1 Å². The van der Waals surface area contributed by atoms with Crippen LogP contribution in [0.5, 0.6) is 0 Å². The molecular formula is C20H18N6OS. The van der Waals surface area contributed by atoms with Gasteiger partial charge in [0.05, 0.1) is 11.4 Å². The van der Waals surface area contributed by atoms with Crippen LogP contribution in [0, 0.1) is 6.92 Å². The molecule has 0 atom stereocenters. The lowest BCUT2D eigenvalue weighted by Crippen LogP contribution is -2.22. The molecule has 8 heteroatoms. The Hall–Kier alpha value is -3.39. The van der Waals surface area contributed by atoms with E-state index >= 15 is 0 Å². The molecule has 28 heavy (non-hydrogen) atoms. The number of carbonyl (C=O) groups is 1. The quantitative estimate of drug-likeness (QED) is 0.517. The molecule has 0 radical (unpaired) electrons. The first-order valence-corrected chi connectivity index (χ1v) is 9.64. The molecule has 0 N–H and O–H groups in total. The maximum Gasteiger partial charge on any atom is 0.230 e. The summed E-state index contributed by atoms with van der Waals surface area (Å²) in [4.78, 5) is 19.9. The Morgan fingerprint density at radius 2 is 1.86 bits per heavy atom. The van der Waals surface area contributed by atoms with Crippen LogP contribution < -0.4 is 4.90 Å². The van der Waals surface area contributed by atoms with Gasteiger partial charge >= 0.3 is 0 Å². The Balaban J connectivity index is 1.56. The van der Waals surface area contributed by atoms with Gasteiger partial charge in [0.2, 0.25) is 11.7 Å². The average molecular weight is 390 g/mol. The number of aromatic nitrogens is 5. The summed E-state index contributed by atoms with van der Waals surface area (Å²) >= 11 is 1.41. The minimum Gasteiger partial charge on any atom is -0.274 e. The van der Waals surface area contributed by atoms with Crippen molar-refractivity contribution >= 4 is 28.1 Å². The van der Waals surface area contributed by atoms with Gasteiger partial charge in [0, 0.05) is 17.9 Å². The molecule has 0 bridgehead atoms. The maximum atomic E-state index is 12.2. The second kappa shape index (κ2) is 7.69. The molecule has 1 amide bonds. The highest BCUT2D eigenvalue weighted by Gasteiger charge is 2.18. The second-order valence-electron chi connectivity index (χ2n) is 6.27. The van der Waals surface area contributed by atoms with Gasteiger partial charge in [-0.15, -0.1) is 21.5 Å². The second-order valence-corrected chi connectivity index (χ2v) is 7.11. The molecule has 2 aromatic heterocycles. The fraction of sp³-hybridized carbons (Fsp3) is 0.150. The molecule has 4 rings (SSSR count). The molecule has 0 aliphatic heterocycles. The first-order valence-electron chi connectivity index (χ1n) is 8.76. The zero-order valence-electron chi connectivity index (χ0n) is 15.5. The van der Waals surface area contributed by atoms with Gasteiger partial charge < -0.3 is 0 Å². The van der Waals surface area contributed by atoms with Gasteiger partial charge in [-0.3, -0.25) is 9.69 Å². The lowest BCUT2D eigenvalue weighted by molar-refractivity contribution is -0.115. The molecular weight excluding hydrogens is 372 g/mol. The molecule has 0 fully saturated rings. The van der Waals surface area contributed by atoms with Crippen molar-refractivity contribution in [3.63, 3.8) is 0 Å². The highest BCUT2D eigenvalue weighted by atomic mass is 32.1. The van der Waals surface area contributed by atoms with E-state index in [1.165, 1.54) is 23.1 Å². The number of amides is 1. The molecule has 0 spiro atoms. The van der Waals surface area contributed by atoms with E-state index in [0.717, 1.165) is 22.5 Å². The molecule has 0 saturated carbocycles. The van der Waals surface area contributed by atoms with Crippen molar-refractivity contribution in [1.29, 1.82) is 0 Å². The van der Waals surface area contributed by atoms with E-state index in [0.29, 0.717) is 17.5 Å². The lowest BCUT2D eigenvalue weighted by atomic mass is 10.1. The van der Waals surface area contributed by atoms with Crippen molar-refractivity contribution in [2.45, 2.75) is 20.4 Å². The predicted octanol–water partition coefficient (Wildman–Crippen LogP) is 3.84. The largest absolute Gasteiger partial charge is 0.274 e. The molecule has 0 aliphatic rings. The molecule has 140 valence electrons. The van der Waals surface area contributed by atoms with Crippen LogP contribution in [0.3, 0.4) is 0 Å². The normalized spacial score (nSPS) is 10.8. The highest BCUT2D eigenvalue weighted by molar-refractivity contribution is 7.14. The van der Waals surface area contributed by atoms with Crippen LogP contribution in [-0.2, 0) is 11.3 Å². The maximum absolute atomic E-state index is 12.2. The van der Waals surface area contributed by atoms with E-state index < -0.39 is 0 Å². The third-order valence-corrected chi connectivity index (χ3v) is 5.08. The van der Waals surface area contributed by atoms with Crippen molar-refractivity contribution in [2.24, 2.45) is 0 Å². The fourth-order valence-electron chi connectivity index (χ4n) is 2.86. The van der Waals surface area contributed by atoms with Gasteiger partial charge in [-0.1, -0.05) is 42.5 Å². The monoisotopic (exact) mass is 390 g/mol. The van der Waals surface area contributed by atoms with Crippen LogP contribution >= 0.6 is 11.3 Å². The summed E-state index contributed by atoms with van der Waals surface area (Å²) < 4.78 is 0. The van der Waals surface area contributed by atoms with Gasteiger partial charge in [-0.05, 0) is 29.8 Å². The Morgan fingerprint density at radius 1 is 1.11 bits per heavy atom. The summed E-state index contributed by atoms with van der Waals surface area (Å²) in [5.41, 5.74) is 3.62. The average Bonchev–Trinajstić information content (AvgIpc) is 3.33. The number of anilines is 2. The van der Waals surface area contributed by atoms with Crippen LogP contribution in [0.4, 0.5) is 10.8 Å². The van der Waals surface area contributed by atoms with E-state index in [1.54, 1.807) is 4.90 Å². The van der Waals surface area contributed by atoms with E-state index in [1.807, 2.05) is 66.9 Å². The van der Waals surface area contributed by atoms with E-state index in [9.17, 15) is 4.79 Å².